The number of fused-ring (bicyclic) bond motifs is 3. The van der Waals surface area contributed by atoms with Crippen LogP contribution in [0.3, 0.4) is 0 Å². The van der Waals surface area contributed by atoms with E-state index in [4.69, 9.17) is 9.84 Å². The lowest BCUT2D eigenvalue weighted by Crippen LogP contribution is -2.39. The third-order valence-electron chi connectivity index (χ3n) is 5.44. The first kappa shape index (κ1) is 16.0. The summed E-state index contributed by atoms with van der Waals surface area (Å²) in [7, 11) is 0. The average Bonchev–Trinajstić information content (AvgIpc) is 3.21. The smallest absolute Gasteiger partial charge is 0.340 e. The summed E-state index contributed by atoms with van der Waals surface area (Å²) >= 11 is 0. The van der Waals surface area contributed by atoms with Crippen molar-refractivity contribution in [3.05, 3.63) is 53.1 Å². The molecule has 3 aromatic rings. The molecule has 1 spiro atoms. The van der Waals surface area contributed by atoms with E-state index < -0.39 is 11.6 Å². The Kier molecular flexibility index (Phi) is 3.35. The van der Waals surface area contributed by atoms with Gasteiger partial charge in [0.15, 0.2) is 0 Å². The van der Waals surface area contributed by atoms with Gasteiger partial charge >= 0.3 is 11.9 Å². The quantitative estimate of drug-likeness (QED) is 0.605. The Morgan fingerprint density at radius 3 is 2.78 bits per heavy atom. The molecule has 2 aromatic carbocycles. The molecule has 3 N–H and O–H groups in total. The number of nitrogens with zero attached hydrogens (tertiary/aromatic N) is 1. The molecule has 0 atom stereocenters. The normalized spacial score (nSPS) is 17.9. The zero-order valence-electron chi connectivity index (χ0n) is 14.4. The number of carboxylic acid groups (broad SMARTS) is 1. The Balaban J connectivity index is 1.66. The van der Waals surface area contributed by atoms with Crippen molar-refractivity contribution in [2.24, 2.45) is 0 Å². The van der Waals surface area contributed by atoms with E-state index in [0.29, 0.717) is 28.0 Å². The van der Waals surface area contributed by atoms with Crippen LogP contribution in [0.15, 0.2) is 36.4 Å². The predicted octanol–water partition coefficient (Wildman–Crippen LogP) is 2.68. The Labute approximate surface area is 154 Å². The highest BCUT2D eigenvalue weighted by atomic mass is 16.6. The zero-order chi connectivity index (χ0) is 18.6. The van der Waals surface area contributed by atoms with Gasteiger partial charge in [0.2, 0.25) is 0 Å². The van der Waals surface area contributed by atoms with Gasteiger partial charge in [-0.2, -0.15) is 0 Å². The number of rotatable bonds is 2. The van der Waals surface area contributed by atoms with E-state index in [0.717, 1.165) is 31.5 Å². The number of hydrogen-bond acceptors (Lipinski definition) is 5. The molecule has 2 aliphatic heterocycles. The maximum Gasteiger partial charge on any atom is 0.340 e. The van der Waals surface area contributed by atoms with E-state index >= 15 is 0 Å². The fraction of sp³-hybridized carbons (Fsp3) is 0.250. The van der Waals surface area contributed by atoms with Crippen molar-refractivity contribution in [3.8, 4) is 11.4 Å². The van der Waals surface area contributed by atoms with Gasteiger partial charge in [-0.05, 0) is 31.3 Å². The number of hydrogen-bond donors (Lipinski definition) is 3. The van der Waals surface area contributed by atoms with E-state index in [1.54, 1.807) is 12.1 Å². The highest BCUT2D eigenvalue weighted by Crippen LogP contribution is 2.45. The van der Waals surface area contributed by atoms with Gasteiger partial charge in [0, 0.05) is 24.0 Å². The summed E-state index contributed by atoms with van der Waals surface area (Å²) in [6, 6.07) is 10.4. The SMILES string of the molecule is O=C(O)c1ccc2nc(-c3cccc4c3C(=O)OC43CCNCC3)[nH]c2c1. The summed E-state index contributed by atoms with van der Waals surface area (Å²) in [5.41, 5.74) is 3.04. The largest absolute Gasteiger partial charge is 0.478 e. The van der Waals surface area contributed by atoms with Crippen LogP contribution < -0.4 is 5.32 Å². The molecular weight excluding hydrogens is 346 g/mol. The minimum atomic E-state index is -0.995. The standard InChI is InChI=1S/C20H17N3O4/c24-18(25)11-4-5-14-15(10-11)23-17(22-14)12-2-1-3-13-16(12)19(26)27-20(13)6-8-21-9-7-20/h1-5,10,21H,6-9H2,(H,22,23)(H,24,25). The van der Waals surface area contributed by atoms with Crippen LogP contribution in [0.5, 0.6) is 0 Å². The van der Waals surface area contributed by atoms with Crippen molar-refractivity contribution >= 4 is 23.0 Å². The van der Waals surface area contributed by atoms with Crippen LogP contribution in [0, 0.1) is 0 Å². The van der Waals surface area contributed by atoms with E-state index in [1.807, 2.05) is 18.2 Å². The summed E-state index contributed by atoms with van der Waals surface area (Å²) in [6.07, 6.45) is 1.49. The first-order valence-corrected chi connectivity index (χ1v) is 8.88. The Morgan fingerprint density at radius 1 is 1.19 bits per heavy atom. The summed E-state index contributed by atoms with van der Waals surface area (Å²) in [6.45, 7) is 1.61. The molecule has 0 aliphatic carbocycles. The van der Waals surface area contributed by atoms with Gasteiger partial charge in [-0.25, -0.2) is 14.6 Å². The molecule has 1 fully saturated rings. The minimum absolute atomic E-state index is 0.184. The van der Waals surface area contributed by atoms with Crippen LogP contribution in [0.4, 0.5) is 0 Å². The molecule has 7 heteroatoms. The lowest BCUT2D eigenvalue weighted by molar-refractivity contribution is -0.0241. The lowest BCUT2D eigenvalue weighted by Gasteiger charge is -2.33. The van der Waals surface area contributed by atoms with Crippen molar-refractivity contribution in [1.29, 1.82) is 0 Å². The highest BCUT2D eigenvalue weighted by Gasteiger charge is 2.47. The van der Waals surface area contributed by atoms with E-state index in [-0.39, 0.29) is 11.5 Å². The first-order chi connectivity index (χ1) is 13.1. The molecule has 136 valence electrons. The van der Waals surface area contributed by atoms with Gasteiger partial charge in [0.05, 0.1) is 22.2 Å². The molecule has 0 radical (unpaired) electrons. The van der Waals surface area contributed by atoms with Gasteiger partial charge in [-0.15, -0.1) is 0 Å². The van der Waals surface area contributed by atoms with Crippen molar-refractivity contribution in [3.63, 3.8) is 0 Å². The number of aromatic nitrogens is 2. The van der Waals surface area contributed by atoms with Crippen LogP contribution in [-0.4, -0.2) is 40.1 Å². The molecule has 2 aliphatic rings. The number of esters is 1. The molecule has 0 saturated carbocycles. The van der Waals surface area contributed by atoms with Gasteiger partial charge < -0.3 is 20.1 Å². The predicted molar refractivity (Wildman–Crippen MR) is 97.7 cm³/mol. The van der Waals surface area contributed by atoms with Gasteiger partial charge in [0.1, 0.15) is 11.4 Å². The molecule has 27 heavy (non-hydrogen) atoms. The average molecular weight is 363 g/mol. The number of carboxylic acids is 1. The number of aromatic amines is 1. The summed E-state index contributed by atoms with van der Waals surface area (Å²) in [5.74, 6) is -0.786. The number of ether oxygens (including phenoxy) is 1. The maximum absolute atomic E-state index is 12.7. The van der Waals surface area contributed by atoms with Crippen LogP contribution in [-0.2, 0) is 10.3 Å². The number of nitrogens with one attached hydrogen (secondary N) is 2. The van der Waals surface area contributed by atoms with Crippen molar-refractivity contribution in [2.75, 3.05) is 13.1 Å². The number of H-pyrrole nitrogens is 1. The Bertz CT molecular complexity index is 1100. The Hall–Kier alpha value is -3.19. The third-order valence-corrected chi connectivity index (χ3v) is 5.44. The number of carbonyl (C=O) groups is 2. The molecule has 1 aromatic heterocycles. The fourth-order valence-electron chi connectivity index (χ4n) is 4.10. The zero-order valence-corrected chi connectivity index (χ0v) is 14.4. The van der Waals surface area contributed by atoms with Gasteiger partial charge in [-0.1, -0.05) is 18.2 Å². The van der Waals surface area contributed by atoms with Crippen LogP contribution >= 0.6 is 0 Å². The fourth-order valence-corrected chi connectivity index (χ4v) is 4.10. The van der Waals surface area contributed by atoms with Crippen molar-refractivity contribution < 1.29 is 19.4 Å². The van der Waals surface area contributed by atoms with Gasteiger partial charge in [-0.3, -0.25) is 0 Å². The number of imidazole rings is 1. The molecule has 5 rings (SSSR count). The molecule has 0 bridgehead atoms. The van der Waals surface area contributed by atoms with Crippen LogP contribution in [0.2, 0.25) is 0 Å². The summed E-state index contributed by atoms with van der Waals surface area (Å²) in [4.78, 5) is 31.6. The molecule has 0 unspecified atom stereocenters. The first-order valence-electron chi connectivity index (χ1n) is 8.88. The molecule has 7 nitrogen and oxygen atoms in total. The molecule has 1 saturated heterocycles. The second-order valence-corrected chi connectivity index (χ2v) is 6.98. The van der Waals surface area contributed by atoms with Gasteiger partial charge in [0.25, 0.3) is 0 Å². The minimum Gasteiger partial charge on any atom is -0.478 e. The third kappa shape index (κ3) is 2.35. The monoisotopic (exact) mass is 363 g/mol. The second kappa shape index (κ2) is 5.65. The van der Waals surface area contributed by atoms with Crippen LogP contribution in [0.25, 0.3) is 22.4 Å². The number of carbonyl (C=O) groups excluding carboxylic acids is 1. The summed E-state index contributed by atoms with van der Waals surface area (Å²) < 4.78 is 5.85. The van der Waals surface area contributed by atoms with Crippen molar-refractivity contribution in [2.45, 2.75) is 18.4 Å². The van der Waals surface area contributed by atoms with E-state index in [2.05, 4.69) is 15.3 Å². The molecular formula is C20H17N3O4. The molecule has 3 heterocycles. The summed E-state index contributed by atoms with van der Waals surface area (Å²) in [5, 5.41) is 12.5. The van der Waals surface area contributed by atoms with Crippen molar-refractivity contribution in [1.82, 2.24) is 15.3 Å². The molecule has 0 amide bonds. The number of aromatic carboxylic acids is 1. The number of piperidine rings is 1. The Morgan fingerprint density at radius 2 is 2.00 bits per heavy atom. The number of benzene rings is 2. The van der Waals surface area contributed by atoms with E-state index in [9.17, 15) is 9.59 Å². The maximum atomic E-state index is 12.7. The lowest BCUT2D eigenvalue weighted by atomic mass is 9.83. The van der Waals surface area contributed by atoms with E-state index in [1.165, 1.54) is 6.07 Å². The second-order valence-electron chi connectivity index (χ2n) is 6.98. The highest BCUT2D eigenvalue weighted by molar-refractivity contribution is 6.02. The topological polar surface area (TPSA) is 104 Å². The van der Waals surface area contributed by atoms with Crippen LogP contribution in [0.1, 0.15) is 39.1 Å².